The third kappa shape index (κ3) is 2.34. The summed E-state index contributed by atoms with van der Waals surface area (Å²) in [6.07, 6.45) is 3.43. The van der Waals surface area contributed by atoms with Crippen LogP contribution in [-0.2, 0) is 4.79 Å². The fourth-order valence-electron chi connectivity index (χ4n) is 2.99. The van der Waals surface area contributed by atoms with Gasteiger partial charge in [-0.05, 0) is 25.0 Å². The zero-order chi connectivity index (χ0) is 14.3. The van der Waals surface area contributed by atoms with Crippen LogP contribution >= 0.6 is 0 Å². The van der Waals surface area contributed by atoms with Gasteiger partial charge in [-0.3, -0.25) is 4.79 Å². The van der Waals surface area contributed by atoms with E-state index in [-0.39, 0.29) is 0 Å². The molecule has 0 saturated carbocycles. The minimum absolute atomic E-state index is 0.607. The van der Waals surface area contributed by atoms with Gasteiger partial charge in [-0.25, -0.2) is 0 Å². The highest BCUT2D eigenvalue weighted by atomic mass is 19.4. The quantitative estimate of drug-likeness (QED) is 0.800. The van der Waals surface area contributed by atoms with E-state index in [4.69, 9.17) is 0 Å². The molecule has 0 aromatic carbocycles. The summed E-state index contributed by atoms with van der Waals surface area (Å²) in [5.41, 5.74) is 0.145. The van der Waals surface area contributed by atoms with Crippen molar-refractivity contribution in [3.63, 3.8) is 0 Å². The lowest BCUT2D eigenvalue weighted by Gasteiger charge is -2.34. The Morgan fingerprint density at radius 3 is 2.60 bits per heavy atom. The Morgan fingerprint density at radius 2 is 1.95 bits per heavy atom. The monoisotopic (exact) mass is 284 g/mol. The van der Waals surface area contributed by atoms with Crippen molar-refractivity contribution >= 4 is 5.91 Å². The van der Waals surface area contributed by atoms with Crippen molar-refractivity contribution < 1.29 is 18.0 Å². The van der Waals surface area contributed by atoms with Crippen LogP contribution in [0.2, 0.25) is 0 Å². The predicted molar refractivity (Wildman–Crippen MR) is 67.6 cm³/mol. The van der Waals surface area contributed by atoms with Crippen LogP contribution in [0.1, 0.15) is 12.8 Å². The van der Waals surface area contributed by atoms with Gasteiger partial charge >= 0.3 is 6.18 Å². The van der Waals surface area contributed by atoms with Crippen molar-refractivity contribution in [2.75, 3.05) is 13.1 Å². The number of halogens is 3. The van der Waals surface area contributed by atoms with Crippen LogP contribution in [-0.4, -0.2) is 36.1 Å². The van der Waals surface area contributed by atoms with Gasteiger partial charge in [0.1, 0.15) is 0 Å². The van der Waals surface area contributed by atoms with E-state index in [9.17, 15) is 18.0 Å². The van der Waals surface area contributed by atoms with Crippen LogP contribution in [0, 0.1) is 5.92 Å². The van der Waals surface area contributed by atoms with Gasteiger partial charge < -0.3 is 10.2 Å². The lowest BCUT2D eigenvalue weighted by Crippen LogP contribution is -2.46. The number of amides is 1. The van der Waals surface area contributed by atoms with Gasteiger partial charge in [0.15, 0.2) is 0 Å². The fourth-order valence-corrected chi connectivity index (χ4v) is 2.99. The lowest BCUT2D eigenvalue weighted by molar-refractivity contribution is -0.122. The first-order valence-corrected chi connectivity index (χ1v) is 6.69. The Bertz CT molecular complexity index is 513. The molecular weight excluding hydrogens is 269 g/mol. The van der Waals surface area contributed by atoms with Gasteiger partial charge in [-0.1, -0.05) is 6.08 Å². The summed E-state index contributed by atoms with van der Waals surface area (Å²) in [5.74, 6) is -1.50. The number of hydrogen-bond acceptors (Lipinski definition) is 2. The van der Waals surface area contributed by atoms with E-state index in [0.29, 0.717) is 6.08 Å². The van der Waals surface area contributed by atoms with Crippen LogP contribution in [0.3, 0.4) is 0 Å². The molecule has 0 bridgehead atoms. The molecule has 20 heavy (non-hydrogen) atoms. The van der Waals surface area contributed by atoms with E-state index in [0.717, 1.165) is 31.6 Å². The third-order valence-electron chi connectivity index (χ3n) is 3.96. The predicted octanol–water partition coefficient (Wildman–Crippen LogP) is 2.14. The Kier molecular flexibility index (Phi) is 3.11. The summed E-state index contributed by atoms with van der Waals surface area (Å²) < 4.78 is 38.9. The van der Waals surface area contributed by atoms with E-state index in [1.54, 1.807) is 18.2 Å². The van der Waals surface area contributed by atoms with E-state index in [2.05, 4.69) is 10.2 Å². The maximum absolute atomic E-state index is 13.0. The fraction of sp³-hybridized carbons (Fsp3) is 0.500. The number of allylic oxidation sites excluding steroid dienone is 1. The van der Waals surface area contributed by atoms with Gasteiger partial charge in [0, 0.05) is 36.4 Å². The number of alkyl halides is 3. The second-order valence-corrected chi connectivity index (χ2v) is 5.30. The molecule has 1 amide bonds. The molecule has 0 aromatic rings. The minimum atomic E-state index is -4.47. The van der Waals surface area contributed by atoms with Gasteiger partial charge in [0.2, 0.25) is 5.91 Å². The maximum Gasteiger partial charge on any atom is 0.413 e. The average molecular weight is 284 g/mol. The first kappa shape index (κ1) is 13.3. The van der Waals surface area contributed by atoms with Crippen molar-refractivity contribution in [1.29, 1.82) is 0 Å². The number of nitrogens with one attached hydrogen (secondary N) is 1. The molecule has 1 N–H and O–H groups in total. The molecule has 1 fully saturated rings. The van der Waals surface area contributed by atoms with E-state index in [1.807, 2.05) is 0 Å². The Morgan fingerprint density at radius 1 is 1.25 bits per heavy atom. The van der Waals surface area contributed by atoms with Crippen LogP contribution in [0.4, 0.5) is 13.2 Å². The Balaban J connectivity index is 1.88. The molecule has 2 atom stereocenters. The number of carbonyl (C=O) groups excluding carboxylic acids is 1. The molecule has 2 unspecified atom stereocenters. The van der Waals surface area contributed by atoms with Crippen LogP contribution < -0.4 is 5.32 Å². The Labute approximate surface area is 114 Å². The van der Waals surface area contributed by atoms with Crippen LogP contribution in [0.25, 0.3) is 0 Å². The number of nitrogens with zero attached hydrogens (tertiary/aromatic N) is 1. The number of fused-ring (bicyclic) bond motifs is 1. The topological polar surface area (TPSA) is 32.3 Å². The first-order valence-electron chi connectivity index (χ1n) is 6.69. The minimum Gasteiger partial charge on any atom is -0.372 e. The molecular formula is C14H15F3N2O. The maximum atomic E-state index is 13.0. The van der Waals surface area contributed by atoms with E-state index in [1.165, 1.54) is 0 Å². The highest BCUT2D eigenvalue weighted by Gasteiger charge is 2.44. The summed E-state index contributed by atoms with van der Waals surface area (Å²) in [4.78, 5) is 13.6. The molecule has 1 aliphatic carbocycles. The summed E-state index contributed by atoms with van der Waals surface area (Å²) in [5, 5.41) is 2.60. The smallest absolute Gasteiger partial charge is 0.372 e. The number of hydrogen-bond donors (Lipinski definition) is 1. The SMILES string of the molecule is O=C1C=C(C(F)(F)F)C2C=CC(N3CCCC3)=CC2N1. The summed E-state index contributed by atoms with van der Waals surface area (Å²) >= 11 is 0. The molecule has 0 spiro atoms. The largest absolute Gasteiger partial charge is 0.413 e. The third-order valence-corrected chi connectivity index (χ3v) is 3.96. The summed E-state index contributed by atoms with van der Waals surface area (Å²) in [6, 6.07) is -0.607. The molecule has 0 radical (unpaired) electrons. The van der Waals surface area contributed by atoms with Crippen molar-refractivity contribution in [2.45, 2.75) is 25.1 Å². The van der Waals surface area contributed by atoms with E-state index >= 15 is 0 Å². The number of likely N-dealkylation sites (tertiary alicyclic amines) is 1. The number of carbonyl (C=O) groups is 1. The highest BCUT2D eigenvalue weighted by molar-refractivity contribution is 5.90. The second kappa shape index (κ2) is 4.68. The lowest BCUT2D eigenvalue weighted by atomic mass is 9.84. The number of rotatable bonds is 1. The molecule has 1 saturated heterocycles. The van der Waals surface area contributed by atoms with Crippen LogP contribution in [0.15, 0.2) is 35.6 Å². The van der Waals surface area contributed by atoms with Crippen molar-refractivity contribution in [3.05, 3.63) is 35.6 Å². The van der Waals surface area contributed by atoms with Gasteiger partial charge in [0.25, 0.3) is 0 Å². The molecule has 108 valence electrons. The average Bonchev–Trinajstić information content (AvgIpc) is 2.89. The molecule has 3 aliphatic rings. The molecule has 3 rings (SSSR count). The molecule has 2 heterocycles. The Hall–Kier alpha value is -1.72. The zero-order valence-corrected chi connectivity index (χ0v) is 10.8. The van der Waals surface area contributed by atoms with Gasteiger partial charge in [0.05, 0.1) is 6.04 Å². The molecule has 3 nitrogen and oxygen atoms in total. The normalized spacial score (nSPS) is 29.8. The van der Waals surface area contributed by atoms with Gasteiger partial charge in [-0.2, -0.15) is 13.2 Å². The molecule has 0 aromatic heterocycles. The van der Waals surface area contributed by atoms with E-state index < -0.39 is 29.6 Å². The van der Waals surface area contributed by atoms with Crippen molar-refractivity contribution in [2.24, 2.45) is 5.92 Å². The van der Waals surface area contributed by atoms with Gasteiger partial charge in [-0.15, -0.1) is 0 Å². The van der Waals surface area contributed by atoms with Crippen molar-refractivity contribution in [3.8, 4) is 0 Å². The van der Waals surface area contributed by atoms with Crippen molar-refractivity contribution in [1.82, 2.24) is 10.2 Å². The molecule has 6 heteroatoms. The standard InChI is InChI=1S/C14H15F3N2O/c15-14(16,17)11-8-13(20)18-12-7-9(3-4-10(11)12)19-5-1-2-6-19/h3-4,7-8,10,12H,1-2,5-6H2,(H,18,20). The highest BCUT2D eigenvalue weighted by Crippen LogP contribution is 2.38. The zero-order valence-electron chi connectivity index (χ0n) is 10.8. The van der Waals surface area contributed by atoms with Crippen LogP contribution in [0.5, 0.6) is 0 Å². The second-order valence-electron chi connectivity index (χ2n) is 5.30. The summed E-state index contributed by atoms with van der Waals surface area (Å²) in [6.45, 7) is 1.84. The first-order chi connectivity index (χ1) is 9.45. The summed E-state index contributed by atoms with van der Waals surface area (Å²) in [7, 11) is 0. The molecule has 2 aliphatic heterocycles.